The number of amides is 2. The summed E-state index contributed by atoms with van der Waals surface area (Å²) in [7, 11) is 0. The zero-order valence-electron chi connectivity index (χ0n) is 16.5. The van der Waals surface area contributed by atoms with Gasteiger partial charge in [-0.2, -0.15) is 0 Å². The van der Waals surface area contributed by atoms with Gasteiger partial charge in [-0.1, -0.05) is 25.2 Å². The lowest BCUT2D eigenvalue weighted by Crippen LogP contribution is -2.55. The Morgan fingerprint density at radius 1 is 1.33 bits per heavy atom. The first-order valence-corrected chi connectivity index (χ1v) is 10.4. The minimum Gasteiger partial charge on any atom is -0.376 e. The number of nitrogens with zero attached hydrogens (tertiary/aromatic N) is 2. The molecule has 1 aromatic rings. The molecule has 2 amide bonds. The van der Waals surface area contributed by atoms with Crippen molar-refractivity contribution in [3.63, 3.8) is 0 Å². The van der Waals surface area contributed by atoms with E-state index in [1.807, 2.05) is 18.7 Å². The molecule has 0 spiro atoms. The molecule has 0 saturated carbocycles. The fourth-order valence-corrected chi connectivity index (χ4v) is 4.66. The predicted molar refractivity (Wildman–Crippen MR) is 104 cm³/mol. The van der Waals surface area contributed by atoms with Crippen molar-refractivity contribution >= 4 is 23.2 Å². The molecule has 150 valence electrons. The monoisotopic (exact) mass is 395 g/mol. The summed E-state index contributed by atoms with van der Waals surface area (Å²) in [4.78, 5) is 39.5. The Hall–Kier alpha value is -1.67. The second-order valence-electron chi connectivity index (χ2n) is 7.92. The smallest absolute Gasteiger partial charge is 0.308 e. The number of aromatic nitrogens is 1. The quantitative estimate of drug-likeness (QED) is 0.787. The Kier molecular flexibility index (Phi) is 6.05. The lowest BCUT2D eigenvalue weighted by molar-refractivity contribution is -0.145. The minimum atomic E-state index is -0.209. The van der Waals surface area contributed by atoms with Crippen molar-refractivity contribution in [3.8, 4) is 0 Å². The van der Waals surface area contributed by atoms with Gasteiger partial charge in [0.15, 0.2) is 0 Å². The summed E-state index contributed by atoms with van der Waals surface area (Å²) < 4.78 is 7.22. The van der Waals surface area contributed by atoms with E-state index in [0.717, 1.165) is 34.9 Å². The van der Waals surface area contributed by atoms with Gasteiger partial charge in [0.2, 0.25) is 11.8 Å². The van der Waals surface area contributed by atoms with Crippen LogP contribution in [0, 0.1) is 25.7 Å². The van der Waals surface area contributed by atoms with Crippen molar-refractivity contribution < 1.29 is 14.3 Å². The van der Waals surface area contributed by atoms with Crippen LogP contribution in [0.3, 0.4) is 0 Å². The molecule has 3 atom stereocenters. The molecule has 2 aliphatic rings. The number of hydrogen-bond acceptors (Lipinski definition) is 5. The molecule has 1 unspecified atom stereocenters. The molecule has 8 heteroatoms. The molecule has 0 radical (unpaired) electrons. The summed E-state index contributed by atoms with van der Waals surface area (Å²) in [5, 5.41) is 2.84. The van der Waals surface area contributed by atoms with Gasteiger partial charge in [0.1, 0.15) is 6.54 Å². The minimum absolute atomic E-state index is 0.0218. The summed E-state index contributed by atoms with van der Waals surface area (Å²) in [6, 6.07) is 0.354. The molecular formula is C19H29N3O4S. The predicted octanol–water partition coefficient (Wildman–Crippen LogP) is 1.30. The molecule has 1 aromatic heterocycles. The first kappa shape index (κ1) is 20.1. The summed E-state index contributed by atoms with van der Waals surface area (Å²) in [5.41, 5.74) is 0.831. The topological polar surface area (TPSA) is 80.6 Å². The molecule has 7 nitrogen and oxygen atoms in total. The number of thiazole rings is 1. The van der Waals surface area contributed by atoms with Gasteiger partial charge in [-0.25, -0.2) is 0 Å². The van der Waals surface area contributed by atoms with Crippen LogP contribution in [-0.4, -0.2) is 53.1 Å². The van der Waals surface area contributed by atoms with E-state index in [1.165, 1.54) is 4.57 Å². The normalized spacial score (nSPS) is 24.9. The third-order valence-electron chi connectivity index (χ3n) is 5.75. The number of carbonyl (C=O) groups excluding carboxylic acids is 2. The van der Waals surface area contributed by atoms with Crippen LogP contribution in [0.25, 0.3) is 0 Å². The number of nitrogens with one attached hydrogen (secondary N) is 1. The summed E-state index contributed by atoms with van der Waals surface area (Å²) in [6.07, 6.45) is 1.57. The lowest BCUT2D eigenvalue weighted by Gasteiger charge is -2.44. The Bertz CT molecular complexity index is 769. The highest BCUT2D eigenvalue weighted by Crippen LogP contribution is 2.29. The van der Waals surface area contributed by atoms with Gasteiger partial charge in [-0.3, -0.25) is 19.0 Å². The Labute approximate surface area is 163 Å². The maximum Gasteiger partial charge on any atom is 0.308 e. The SMILES string of the molecule is Cc1sc(=O)n(CC(=O)NC[C@@H]2C[C@H](C(=O)N3CCC3C(C)C)CO2)c1C. The molecular weight excluding hydrogens is 366 g/mol. The van der Waals surface area contributed by atoms with Crippen molar-refractivity contribution in [1.82, 2.24) is 14.8 Å². The number of rotatable bonds is 6. The zero-order valence-corrected chi connectivity index (χ0v) is 17.3. The molecule has 0 bridgehead atoms. The van der Waals surface area contributed by atoms with Crippen LogP contribution in [0.15, 0.2) is 4.79 Å². The molecule has 1 N–H and O–H groups in total. The van der Waals surface area contributed by atoms with Gasteiger partial charge in [-0.05, 0) is 32.6 Å². The second kappa shape index (κ2) is 8.14. The van der Waals surface area contributed by atoms with E-state index >= 15 is 0 Å². The highest BCUT2D eigenvalue weighted by atomic mass is 32.1. The van der Waals surface area contributed by atoms with E-state index in [4.69, 9.17) is 4.74 Å². The maximum absolute atomic E-state index is 12.7. The molecule has 3 heterocycles. The summed E-state index contributed by atoms with van der Waals surface area (Å²) in [6.45, 7) is 9.67. The van der Waals surface area contributed by atoms with E-state index in [0.29, 0.717) is 31.5 Å². The fourth-order valence-electron chi connectivity index (χ4n) is 3.83. The van der Waals surface area contributed by atoms with Crippen LogP contribution < -0.4 is 10.2 Å². The lowest BCUT2D eigenvalue weighted by atomic mass is 9.89. The first-order chi connectivity index (χ1) is 12.8. The van der Waals surface area contributed by atoms with Crippen molar-refractivity contribution in [2.45, 2.75) is 59.2 Å². The average molecular weight is 396 g/mol. The van der Waals surface area contributed by atoms with E-state index < -0.39 is 0 Å². The van der Waals surface area contributed by atoms with Crippen molar-refractivity contribution in [1.29, 1.82) is 0 Å². The van der Waals surface area contributed by atoms with Crippen molar-refractivity contribution in [2.75, 3.05) is 19.7 Å². The van der Waals surface area contributed by atoms with E-state index in [1.54, 1.807) is 0 Å². The zero-order chi connectivity index (χ0) is 19.7. The van der Waals surface area contributed by atoms with Crippen molar-refractivity contribution in [2.24, 2.45) is 11.8 Å². The third-order valence-corrected chi connectivity index (χ3v) is 6.75. The van der Waals surface area contributed by atoms with Crippen LogP contribution in [0.5, 0.6) is 0 Å². The molecule has 3 rings (SSSR count). The standard InChI is InChI=1S/C19H29N3O4S/c1-11(2)16-5-6-21(16)18(24)14-7-15(26-10-14)8-20-17(23)9-22-12(3)13(4)27-19(22)25/h11,14-16H,5-10H2,1-4H3,(H,20,23)/t14-,15-,16?/m0/s1. The second-order valence-corrected chi connectivity index (χ2v) is 9.09. The molecule has 2 fully saturated rings. The highest BCUT2D eigenvalue weighted by Gasteiger charge is 2.40. The average Bonchev–Trinajstić information content (AvgIpc) is 3.12. The van der Waals surface area contributed by atoms with E-state index in [2.05, 4.69) is 19.2 Å². The van der Waals surface area contributed by atoms with Crippen molar-refractivity contribution in [3.05, 3.63) is 20.2 Å². The fraction of sp³-hybridized carbons (Fsp3) is 0.737. The largest absolute Gasteiger partial charge is 0.376 e. The van der Waals surface area contributed by atoms with Gasteiger partial charge < -0.3 is 15.0 Å². The van der Waals surface area contributed by atoms with Gasteiger partial charge in [-0.15, -0.1) is 0 Å². The van der Waals surface area contributed by atoms with Crippen LogP contribution in [0.4, 0.5) is 0 Å². The Morgan fingerprint density at radius 3 is 2.63 bits per heavy atom. The summed E-state index contributed by atoms with van der Waals surface area (Å²) in [5.74, 6) is 0.342. The number of hydrogen-bond donors (Lipinski definition) is 1. The maximum atomic E-state index is 12.7. The van der Waals surface area contributed by atoms with Gasteiger partial charge in [0.05, 0.1) is 18.6 Å². The Balaban J connectivity index is 1.45. The number of aryl methyl sites for hydroxylation is 1. The molecule has 2 saturated heterocycles. The van der Waals surface area contributed by atoms with Gasteiger partial charge in [0, 0.05) is 29.7 Å². The Morgan fingerprint density at radius 2 is 2.07 bits per heavy atom. The van der Waals surface area contributed by atoms with E-state index in [9.17, 15) is 14.4 Å². The van der Waals surface area contributed by atoms with E-state index in [-0.39, 0.29) is 35.3 Å². The van der Waals surface area contributed by atoms with Gasteiger partial charge in [0.25, 0.3) is 0 Å². The third kappa shape index (κ3) is 4.27. The van der Waals surface area contributed by atoms with Gasteiger partial charge >= 0.3 is 4.87 Å². The molecule has 0 aliphatic carbocycles. The molecule has 2 aliphatic heterocycles. The first-order valence-electron chi connectivity index (χ1n) is 9.63. The summed E-state index contributed by atoms with van der Waals surface area (Å²) >= 11 is 1.16. The highest BCUT2D eigenvalue weighted by molar-refractivity contribution is 7.09. The number of ether oxygens (including phenoxy) is 1. The van der Waals surface area contributed by atoms with Crippen LogP contribution in [-0.2, 0) is 20.9 Å². The molecule has 0 aromatic carbocycles. The van der Waals surface area contributed by atoms with Crippen LogP contribution >= 0.6 is 11.3 Å². The number of likely N-dealkylation sites (tertiary alicyclic amines) is 1. The van der Waals surface area contributed by atoms with Crippen LogP contribution in [0.2, 0.25) is 0 Å². The molecule has 27 heavy (non-hydrogen) atoms. The number of carbonyl (C=O) groups is 2. The van der Waals surface area contributed by atoms with Crippen LogP contribution in [0.1, 0.15) is 37.3 Å².